The molecule has 1 rings (SSSR count). The van der Waals surface area contributed by atoms with Crippen LogP contribution in [0.15, 0.2) is 6.07 Å². The Balaban J connectivity index is 2.55. The first kappa shape index (κ1) is 13.2. The highest BCUT2D eigenvalue weighted by atomic mass is 35.5. The van der Waals surface area contributed by atoms with Gasteiger partial charge in [-0.05, 0) is 13.0 Å². The summed E-state index contributed by atoms with van der Waals surface area (Å²) in [6.07, 6.45) is 0. The van der Waals surface area contributed by atoms with Crippen LogP contribution in [-0.4, -0.2) is 35.9 Å². The molecule has 0 fully saturated rings. The molecule has 0 spiro atoms. The third-order valence-corrected chi connectivity index (χ3v) is 2.16. The van der Waals surface area contributed by atoms with Crippen LogP contribution in [0, 0.1) is 0 Å². The maximum atomic E-state index is 11.6. The molecule has 1 aromatic heterocycles. The van der Waals surface area contributed by atoms with Crippen molar-refractivity contribution in [3.05, 3.63) is 21.9 Å². The molecule has 0 saturated carbocycles. The van der Waals surface area contributed by atoms with Gasteiger partial charge in [-0.2, -0.15) is 0 Å². The number of hydrogen-bond donors (Lipinski definition) is 1. The zero-order valence-electron chi connectivity index (χ0n) is 8.67. The van der Waals surface area contributed by atoms with E-state index < -0.39 is 0 Å². The first-order valence-corrected chi connectivity index (χ1v) is 5.45. The summed E-state index contributed by atoms with van der Waals surface area (Å²) in [7, 11) is 0. The van der Waals surface area contributed by atoms with Crippen LogP contribution in [0.25, 0.3) is 0 Å². The molecule has 0 radical (unpaired) electrons. The number of rotatable bonds is 5. The van der Waals surface area contributed by atoms with Crippen LogP contribution in [0.5, 0.6) is 0 Å². The smallest absolute Gasteiger partial charge is 0.254 e. The van der Waals surface area contributed by atoms with Gasteiger partial charge in [0.05, 0.1) is 12.2 Å². The molecule has 5 nitrogen and oxygen atoms in total. The van der Waals surface area contributed by atoms with Gasteiger partial charge in [0.15, 0.2) is 10.3 Å². The van der Waals surface area contributed by atoms with Gasteiger partial charge in [-0.1, -0.05) is 23.2 Å². The Bertz CT molecular complexity index is 374. The van der Waals surface area contributed by atoms with Crippen molar-refractivity contribution in [1.29, 1.82) is 0 Å². The molecule has 88 valence electrons. The lowest BCUT2D eigenvalue weighted by molar-refractivity contribution is 0.0922. The number of aromatic nitrogens is 2. The van der Waals surface area contributed by atoms with Crippen molar-refractivity contribution in [2.75, 3.05) is 19.8 Å². The third kappa shape index (κ3) is 3.92. The molecule has 0 unspecified atom stereocenters. The van der Waals surface area contributed by atoms with Gasteiger partial charge in [0.25, 0.3) is 5.91 Å². The maximum Gasteiger partial charge on any atom is 0.254 e. The Kier molecular flexibility index (Phi) is 5.45. The predicted octanol–water partition coefficient (Wildman–Crippen LogP) is 1.55. The molecule has 0 aliphatic heterocycles. The zero-order chi connectivity index (χ0) is 12.0. The molecule has 1 N–H and O–H groups in total. The van der Waals surface area contributed by atoms with E-state index in [1.165, 1.54) is 6.07 Å². The summed E-state index contributed by atoms with van der Waals surface area (Å²) in [4.78, 5) is 11.6. The normalized spacial score (nSPS) is 10.2. The number of halogens is 2. The van der Waals surface area contributed by atoms with E-state index in [-0.39, 0.29) is 21.8 Å². The molecular formula is C9H11Cl2N3O2. The van der Waals surface area contributed by atoms with E-state index in [2.05, 4.69) is 15.5 Å². The van der Waals surface area contributed by atoms with E-state index in [0.29, 0.717) is 19.8 Å². The van der Waals surface area contributed by atoms with Gasteiger partial charge in [-0.3, -0.25) is 4.79 Å². The third-order valence-electron chi connectivity index (χ3n) is 1.70. The summed E-state index contributed by atoms with van der Waals surface area (Å²) in [6, 6.07) is 1.37. The fourth-order valence-corrected chi connectivity index (χ4v) is 1.31. The standard InChI is InChI=1S/C9H11Cl2N3O2/c1-2-16-4-3-12-9(15)6-5-7(10)13-14-8(6)11/h5H,2-4H2,1H3,(H,12,15). The highest BCUT2D eigenvalue weighted by molar-refractivity contribution is 6.34. The van der Waals surface area contributed by atoms with E-state index in [9.17, 15) is 4.79 Å². The van der Waals surface area contributed by atoms with E-state index in [1.807, 2.05) is 6.92 Å². The van der Waals surface area contributed by atoms with Crippen molar-refractivity contribution in [2.45, 2.75) is 6.92 Å². The van der Waals surface area contributed by atoms with Crippen LogP contribution in [0.3, 0.4) is 0 Å². The second-order valence-corrected chi connectivity index (χ2v) is 3.57. The molecule has 0 aliphatic rings. The molecule has 1 heterocycles. The molecule has 0 atom stereocenters. The van der Waals surface area contributed by atoms with E-state index in [0.717, 1.165) is 0 Å². The lowest BCUT2D eigenvalue weighted by Gasteiger charge is -2.05. The summed E-state index contributed by atoms with van der Waals surface area (Å²) in [5.74, 6) is -0.346. The Morgan fingerprint density at radius 2 is 2.25 bits per heavy atom. The first-order chi connectivity index (χ1) is 7.65. The minimum Gasteiger partial charge on any atom is -0.380 e. The van der Waals surface area contributed by atoms with Crippen LogP contribution < -0.4 is 5.32 Å². The summed E-state index contributed by atoms with van der Waals surface area (Å²) in [5.41, 5.74) is 0.207. The average Bonchev–Trinajstić information content (AvgIpc) is 2.27. The topological polar surface area (TPSA) is 64.1 Å². The Morgan fingerprint density at radius 1 is 1.50 bits per heavy atom. The molecule has 16 heavy (non-hydrogen) atoms. The lowest BCUT2D eigenvalue weighted by Crippen LogP contribution is -2.27. The number of amides is 1. The second kappa shape index (κ2) is 6.62. The second-order valence-electron chi connectivity index (χ2n) is 2.82. The van der Waals surface area contributed by atoms with Crippen LogP contribution >= 0.6 is 23.2 Å². The molecule has 7 heteroatoms. The van der Waals surface area contributed by atoms with Gasteiger partial charge in [0.1, 0.15) is 0 Å². The molecule has 0 bridgehead atoms. The molecular weight excluding hydrogens is 253 g/mol. The highest BCUT2D eigenvalue weighted by Gasteiger charge is 2.12. The molecule has 0 aliphatic carbocycles. The van der Waals surface area contributed by atoms with Gasteiger partial charge in [0, 0.05) is 13.2 Å². The predicted molar refractivity (Wildman–Crippen MR) is 60.9 cm³/mol. The number of carbonyl (C=O) groups is 1. The van der Waals surface area contributed by atoms with Gasteiger partial charge in [0.2, 0.25) is 0 Å². The number of hydrogen-bond acceptors (Lipinski definition) is 4. The molecule has 0 saturated heterocycles. The average molecular weight is 264 g/mol. The summed E-state index contributed by atoms with van der Waals surface area (Å²) < 4.78 is 5.07. The number of carbonyl (C=O) groups excluding carboxylic acids is 1. The van der Waals surface area contributed by atoms with Gasteiger partial charge in [-0.15, -0.1) is 10.2 Å². The zero-order valence-corrected chi connectivity index (χ0v) is 10.2. The highest BCUT2D eigenvalue weighted by Crippen LogP contribution is 2.14. The first-order valence-electron chi connectivity index (χ1n) is 4.69. The van der Waals surface area contributed by atoms with Crippen molar-refractivity contribution < 1.29 is 9.53 Å². The maximum absolute atomic E-state index is 11.6. The van der Waals surface area contributed by atoms with Crippen molar-refractivity contribution in [2.24, 2.45) is 0 Å². The van der Waals surface area contributed by atoms with E-state index in [4.69, 9.17) is 27.9 Å². The summed E-state index contributed by atoms with van der Waals surface area (Å²) in [5, 5.41) is 9.82. The van der Waals surface area contributed by atoms with Crippen LogP contribution in [0.1, 0.15) is 17.3 Å². The Hall–Kier alpha value is -0.910. The summed E-state index contributed by atoms with van der Waals surface area (Å²) in [6.45, 7) is 3.35. The Morgan fingerprint density at radius 3 is 2.94 bits per heavy atom. The van der Waals surface area contributed by atoms with Gasteiger partial charge >= 0.3 is 0 Å². The Labute approximate surface area is 103 Å². The van der Waals surface area contributed by atoms with Crippen molar-refractivity contribution in [3.8, 4) is 0 Å². The molecule has 1 aromatic rings. The van der Waals surface area contributed by atoms with E-state index >= 15 is 0 Å². The van der Waals surface area contributed by atoms with Crippen LogP contribution in [0.4, 0.5) is 0 Å². The largest absolute Gasteiger partial charge is 0.380 e. The van der Waals surface area contributed by atoms with Crippen molar-refractivity contribution >= 4 is 29.1 Å². The van der Waals surface area contributed by atoms with E-state index in [1.54, 1.807) is 0 Å². The number of nitrogens with zero attached hydrogens (tertiary/aromatic N) is 2. The minimum atomic E-state index is -0.346. The summed E-state index contributed by atoms with van der Waals surface area (Å²) >= 11 is 11.3. The van der Waals surface area contributed by atoms with Gasteiger partial charge < -0.3 is 10.1 Å². The fourth-order valence-electron chi connectivity index (χ4n) is 0.989. The quantitative estimate of drug-likeness (QED) is 0.819. The number of ether oxygens (including phenoxy) is 1. The van der Waals surface area contributed by atoms with Crippen LogP contribution in [0.2, 0.25) is 10.3 Å². The molecule has 1 amide bonds. The molecule has 0 aromatic carbocycles. The SMILES string of the molecule is CCOCCNC(=O)c1cc(Cl)nnc1Cl. The van der Waals surface area contributed by atoms with Gasteiger partial charge in [-0.25, -0.2) is 0 Å². The minimum absolute atomic E-state index is 0.0262. The lowest BCUT2D eigenvalue weighted by atomic mass is 10.3. The van der Waals surface area contributed by atoms with Crippen molar-refractivity contribution in [3.63, 3.8) is 0 Å². The fraction of sp³-hybridized carbons (Fsp3) is 0.444. The van der Waals surface area contributed by atoms with Crippen LogP contribution in [-0.2, 0) is 4.74 Å². The van der Waals surface area contributed by atoms with Crippen molar-refractivity contribution in [1.82, 2.24) is 15.5 Å². The number of nitrogens with one attached hydrogen (secondary N) is 1. The monoisotopic (exact) mass is 263 g/mol.